The lowest BCUT2D eigenvalue weighted by Crippen LogP contribution is -2.37. The Balaban J connectivity index is 2.13. The summed E-state index contributed by atoms with van der Waals surface area (Å²) >= 11 is 1.30. The maximum atomic E-state index is 12.1. The van der Waals surface area contributed by atoms with E-state index in [9.17, 15) is 14.4 Å². The largest absolute Gasteiger partial charge is 0.481 e. The summed E-state index contributed by atoms with van der Waals surface area (Å²) in [7, 11) is 0. The number of carboxylic acids is 1. The molecule has 1 unspecified atom stereocenters. The number of hydrogen-bond acceptors (Lipinski definition) is 5. The summed E-state index contributed by atoms with van der Waals surface area (Å²) in [6, 6.07) is -0.332. The molecule has 106 valence electrons. The van der Waals surface area contributed by atoms with Gasteiger partial charge in [0.05, 0.1) is 0 Å². The average Bonchev–Trinajstić information content (AvgIpc) is 2.85. The lowest BCUT2D eigenvalue weighted by atomic mass is 10.1. The zero-order valence-corrected chi connectivity index (χ0v) is 11.5. The molecule has 0 spiro atoms. The maximum absolute atomic E-state index is 12.1. The van der Waals surface area contributed by atoms with E-state index in [4.69, 9.17) is 5.11 Å². The van der Waals surface area contributed by atoms with E-state index in [1.165, 1.54) is 21.9 Å². The number of thiazole rings is 1. The molecule has 0 aliphatic rings. The van der Waals surface area contributed by atoms with Crippen LogP contribution in [0, 0.1) is 0 Å². The predicted molar refractivity (Wildman–Crippen MR) is 73.1 cm³/mol. The van der Waals surface area contributed by atoms with Crippen LogP contribution in [0.1, 0.15) is 30.1 Å². The van der Waals surface area contributed by atoms with Crippen molar-refractivity contribution in [3.8, 4) is 0 Å². The summed E-state index contributed by atoms with van der Waals surface area (Å²) < 4.78 is 1.31. The Hall–Kier alpha value is -2.22. The Morgan fingerprint density at radius 1 is 1.55 bits per heavy atom. The highest BCUT2D eigenvalue weighted by Gasteiger charge is 2.16. The number of carbonyl (C=O) groups excluding carboxylic acids is 1. The molecule has 0 saturated carbocycles. The average molecular weight is 295 g/mol. The second-order valence-corrected chi connectivity index (χ2v) is 5.21. The van der Waals surface area contributed by atoms with Crippen molar-refractivity contribution in [3.63, 3.8) is 0 Å². The number of nitrogens with zero attached hydrogens (tertiary/aromatic N) is 2. The Morgan fingerprint density at radius 2 is 2.30 bits per heavy atom. The number of carbonyl (C=O) groups is 2. The number of hydrogen-bond donors (Lipinski definition) is 2. The van der Waals surface area contributed by atoms with Crippen molar-refractivity contribution >= 4 is 28.2 Å². The van der Waals surface area contributed by atoms with Gasteiger partial charge in [-0.25, -0.2) is 4.98 Å². The second-order valence-electron chi connectivity index (χ2n) is 4.34. The lowest BCUT2D eigenvalue weighted by Gasteiger charge is -2.12. The van der Waals surface area contributed by atoms with Crippen LogP contribution >= 0.6 is 11.3 Å². The molecule has 2 aromatic rings. The van der Waals surface area contributed by atoms with E-state index in [-0.39, 0.29) is 18.0 Å². The highest BCUT2D eigenvalue weighted by atomic mass is 32.1. The van der Waals surface area contributed by atoms with Gasteiger partial charge in [0.2, 0.25) is 0 Å². The van der Waals surface area contributed by atoms with Crippen molar-refractivity contribution in [2.75, 3.05) is 0 Å². The molecule has 1 atom stereocenters. The van der Waals surface area contributed by atoms with Gasteiger partial charge in [0, 0.05) is 30.2 Å². The zero-order valence-electron chi connectivity index (χ0n) is 10.7. The molecule has 0 aliphatic carbocycles. The van der Waals surface area contributed by atoms with E-state index < -0.39 is 17.4 Å². The van der Waals surface area contributed by atoms with Crippen LogP contribution in [-0.2, 0) is 4.79 Å². The lowest BCUT2D eigenvalue weighted by molar-refractivity contribution is -0.137. The van der Waals surface area contributed by atoms with Crippen LogP contribution in [0.3, 0.4) is 0 Å². The van der Waals surface area contributed by atoms with Crippen LogP contribution in [0.25, 0.3) is 4.96 Å². The summed E-state index contributed by atoms with van der Waals surface area (Å²) in [6.45, 7) is 1.69. The van der Waals surface area contributed by atoms with Crippen LogP contribution in [0.15, 0.2) is 22.6 Å². The Labute approximate surface area is 117 Å². The van der Waals surface area contributed by atoms with Crippen molar-refractivity contribution in [1.82, 2.24) is 14.7 Å². The van der Waals surface area contributed by atoms with E-state index in [1.54, 1.807) is 18.5 Å². The number of amides is 1. The molecule has 1 amide bonds. The molecule has 0 bridgehead atoms. The molecule has 8 heteroatoms. The fraction of sp³-hybridized carbons (Fsp3) is 0.333. The first-order valence-corrected chi connectivity index (χ1v) is 6.84. The molecule has 2 N–H and O–H groups in total. The smallest absolute Gasteiger partial charge is 0.303 e. The van der Waals surface area contributed by atoms with Gasteiger partial charge < -0.3 is 10.4 Å². The summed E-state index contributed by atoms with van der Waals surface area (Å²) in [6.07, 6.45) is 3.06. The number of aliphatic carboxylic acids is 1. The van der Waals surface area contributed by atoms with Crippen molar-refractivity contribution < 1.29 is 14.7 Å². The fourth-order valence-corrected chi connectivity index (χ4v) is 2.37. The van der Waals surface area contributed by atoms with Crippen molar-refractivity contribution in [3.05, 3.63) is 33.7 Å². The quantitative estimate of drug-likeness (QED) is 0.847. The predicted octanol–water partition coefficient (Wildman–Crippen LogP) is 0.739. The van der Waals surface area contributed by atoms with Crippen molar-refractivity contribution in [1.29, 1.82) is 0 Å². The van der Waals surface area contributed by atoms with Crippen LogP contribution < -0.4 is 10.9 Å². The minimum absolute atomic E-state index is 0.0394. The minimum Gasteiger partial charge on any atom is -0.481 e. The molecule has 0 saturated heterocycles. The van der Waals surface area contributed by atoms with Gasteiger partial charge in [0.1, 0.15) is 5.56 Å². The van der Waals surface area contributed by atoms with Crippen LogP contribution in [0.5, 0.6) is 0 Å². The van der Waals surface area contributed by atoms with Gasteiger partial charge in [-0.15, -0.1) is 11.3 Å². The first kappa shape index (κ1) is 14.2. The van der Waals surface area contributed by atoms with E-state index in [1.807, 2.05) is 0 Å². The van der Waals surface area contributed by atoms with Crippen LogP contribution in [0.4, 0.5) is 0 Å². The molecule has 0 fully saturated rings. The van der Waals surface area contributed by atoms with Gasteiger partial charge in [-0.05, 0) is 13.3 Å². The molecule has 0 aliphatic heterocycles. The van der Waals surface area contributed by atoms with Gasteiger partial charge in [0.15, 0.2) is 4.96 Å². The summed E-state index contributed by atoms with van der Waals surface area (Å²) in [5.74, 6) is -1.46. The number of carboxylic acid groups (broad SMARTS) is 1. The highest BCUT2D eigenvalue weighted by Crippen LogP contribution is 2.06. The number of rotatable bonds is 5. The monoisotopic (exact) mass is 295 g/mol. The fourth-order valence-electron chi connectivity index (χ4n) is 1.69. The molecule has 2 rings (SSSR count). The van der Waals surface area contributed by atoms with Gasteiger partial charge in [-0.3, -0.25) is 18.8 Å². The summed E-state index contributed by atoms with van der Waals surface area (Å²) in [4.78, 5) is 39.0. The van der Waals surface area contributed by atoms with E-state index in [2.05, 4.69) is 10.3 Å². The normalized spacial score (nSPS) is 12.2. The molecular weight excluding hydrogens is 282 g/mol. The molecule has 0 radical (unpaired) electrons. The highest BCUT2D eigenvalue weighted by molar-refractivity contribution is 7.15. The number of nitrogens with one attached hydrogen (secondary N) is 1. The van der Waals surface area contributed by atoms with E-state index in [0.717, 1.165) is 0 Å². The van der Waals surface area contributed by atoms with Gasteiger partial charge in [0.25, 0.3) is 11.5 Å². The molecule has 2 heterocycles. The molecular formula is C12H13N3O4S. The Bertz CT molecular complexity index is 706. The van der Waals surface area contributed by atoms with E-state index >= 15 is 0 Å². The maximum Gasteiger partial charge on any atom is 0.303 e. The molecule has 20 heavy (non-hydrogen) atoms. The molecule has 7 nitrogen and oxygen atoms in total. The third-order valence-corrected chi connectivity index (χ3v) is 3.53. The second kappa shape index (κ2) is 5.83. The SMILES string of the molecule is CC(CCC(=O)O)NC(=O)c1cnc2sccn2c1=O. The van der Waals surface area contributed by atoms with E-state index in [0.29, 0.717) is 11.4 Å². The molecule has 2 aromatic heterocycles. The van der Waals surface area contributed by atoms with Crippen LogP contribution in [-0.4, -0.2) is 32.4 Å². The van der Waals surface area contributed by atoms with Crippen LogP contribution in [0.2, 0.25) is 0 Å². The third-order valence-electron chi connectivity index (χ3n) is 2.76. The molecule has 0 aromatic carbocycles. The first-order chi connectivity index (χ1) is 9.49. The van der Waals surface area contributed by atoms with Gasteiger partial charge in [-0.2, -0.15) is 0 Å². The minimum atomic E-state index is -0.924. The standard InChI is InChI=1S/C12H13N3O4S/c1-7(2-3-9(16)17)14-10(18)8-6-13-12-15(11(8)19)4-5-20-12/h4-7H,2-3H2,1H3,(H,14,18)(H,16,17). The van der Waals surface area contributed by atoms with Gasteiger partial charge in [-0.1, -0.05) is 0 Å². The topological polar surface area (TPSA) is 101 Å². The van der Waals surface area contributed by atoms with Crippen molar-refractivity contribution in [2.45, 2.75) is 25.8 Å². The Morgan fingerprint density at radius 3 is 3.00 bits per heavy atom. The van der Waals surface area contributed by atoms with Crippen molar-refractivity contribution in [2.24, 2.45) is 0 Å². The summed E-state index contributed by atoms with van der Waals surface area (Å²) in [5, 5.41) is 12.9. The Kier molecular flexibility index (Phi) is 4.14. The first-order valence-electron chi connectivity index (χ1n) is 5.96. The summed E-state index contributed by atoms with van der Waals surface area (Å²) in [5.41, 5.74) is -0.484. The zero-order chi connectivity index (χ0) is 14.7. The number of aromatic nitrogens is 2. The number of fused-ring (bicyclic) bond motifs is 1. The van der Waals surface area contributed by atoms with Gasteiger partial charge >= 0.3 is 5.97 Å². The third kappa shape index (κ3) is 3.02.